The van der Waals surface area contributed by atoms with Crippen LogP contribution in [-0.4, -0.2) is 55.7 Å². The Labute approximate surface area is 199 Å². The third-order valence-electron chi connectivity index (χ3n) is 6.03. The Morgan fingerprint density at radius 1 is 0.824 bits per heavy atom. The molecule has 1 aliphatic heterocycles. The van der Waals surface area contributed by atoms with E-state index >= 15 is 0 Å². The summed E-state index contributed by atoms with van der Waals surface area (Å²) in [6.07, 6.45) is 0. The standard InChI is InChI=1S/C26H26N4O3S/c1-2-33-23-9-11-24(12-10-23)34(31,32)30-17-15-29(16-18-30)26-14-13-25(27-28-26)22-8-7-20-5-3-4-6-21(20)19-22/h3-14,19H,2,15-18H2,1H3. The molecule has 0 unspecified atom stereocenters. The van der Waals surface area contributed by atoms with Crippen molar-refractivity contribution in [1.82, 2.24) is 14.5 Å². The quantitative estimate of drug-likeness (QED) is 0.417. The molecule has 1 fully saturated rings. The molecule has 8 heteroatoms. The number of hydrogen-bond donors (Lipinski definition) is 0. The molecule has 1 aliphatic rings. The van der Waals surface area contributed by atoms with Gasteiger partial charge in [0.05, 0.1) is 17.2 Å². The summed E-state index contributed by atoms with van der Waals surface area (Å²) in [5.74, 6) is 1.42. The molecule has 0 aliphatic carbocycles. The van der Waals surface area contributed by atoms with E-state index in [0.717, 1.165) is 22.5 Å². The van der Waals surface area contributed by atoms with E-state index < -0.39 is 10.0 Å². The maximum Gasteiger partial charge on any atom is 0.243 e. The number of ether oxygens (including phenoxy) is 1. The Morgan fingerprint density at radius 2 is 1.56 bits per heavy atom. The van der Waals surface area contributed by atoms with Crippen molar-refractivity contribution in [3.8, 4) is 17.0 Å². The molecule has 0 atom stereocenters. The zero-order valence-electron chi connectivity index (χ0n) is 19.0. The van der Waals surface area contributed by atoms with Crippen molar-refractivity contribution in [2.24, 2.45) is 0 Å². The molecule has 5 rings (SSSR count). The van der Waals surface area contributed by atoms with Gasteiger partial charge in [0.25, 0.3) is 0 Å². The fourth-order valence-corrected chi connectivity index (χ4v) is 5.60. The molecule has 0 bridgehead atoms. The predicted octanol–water partition coefficient (Wildman–Crippen LogP) is 4.21. The first-order chi connectivity index (χ1) is 16.5. The molecule has 4 aromatic rings. The molecule has 2 heterocycles. The summed E-state index contributed by atoms with van der Waals surface area (Å²) in [6.45, 7) is 4.33. The molecular weight excluding hydrogens is 448 g/mol. The highest BCUT2D eigenvalue weighted by molar-refractivity contribution is 7.89. The van der Waals surface area contributed by atoms with Crippen LogP contribution in [0.1, 0.15) is 6.92 Å². The molecule has 1 saturated heterocycles. The van der Waals surface area contributed by atoms with Crippen LogP contribution in [0.4, 0.5) is 5.82 Å². The number of anilines is 1. The Kier molecular flexibility index (Phi) is 6.17. The second kappa shape index (κ2) is 9.40. The summed E-state index contributed by atoms with van der Waals surface area (Å²) >= 11 is 0. The van der Waals surface area contributed by atoms with Gasteiger partial charge in [-0.15, -0.1) is 10.2 Å². The Balaban J connectivity index is 1.25. The van der Waals surface area contributed by atoms with Gasteiger partial charge in [-0.25, -0.2) is 8.42 Å². The minimum Gasteiger partial charge on any atom is -0.494 e. The fourth-order valence-electron chi connectivity index (χ4n) is 4.18. The monoisotopic (exact) mass is 474 g/mol. The molecule has 34 heavy (non-hydrogen) atoms. The van der Waals surface area contributed by atoms with Crippen LogP contribution >= 0.6 is 0 Å². The predicted molar refractivity (Wildman–Crippen MR) is 134 cm³/mol. The molecule has 3 aromatic carbocycles. The smallest absolute Gasteiger partial charge is 0.243 e. The summed E-state index contributed by atoms with van der Waals surface area (Å²) in [4.78, 5) is 2.35. The first-order valence-corrected chi connectivity index (χ1v) is 12.8. The van der Waals surface area contributed by atoms with Gasteiger partial charge in [-0.05, 0) is 60.2 Å². The summed E-state index contributed by atoms with van der Waals surface area (Å²) < 4.78 is 33.0. The summed E-state index contributed by atoms with van der Waals surface area (Å²) in [5.41, 5.74) is 1.83. The van der Waals surface area contributed by atoms with Gasteiger partial charge >= 0.3 is 0 Å². The van der Waals surface area contributed by atoms with E-state index in [9.17, 15) is 8.42 Å². The average molecular weight is 475 g/mol. The normalized spacial score (nSPS) is 14.9. The number of benzene rings is 3. The number of fused-ring (bicyclic) bond motifs is 1. The van der Waals surface area contributed by atoms with Crippen molar-refractivity contribution >= 4 is 26.6 Å². The highest BCUT2D eigenvalue weighted by atomic mass is 32.2. The molecule has 0 spiro atoms. The van der Waals surface area contributed by atoms with E-state index in [0.29, 0.717) is 38.5 Å². The van der Waals surface area contributed by atoms with Crippen LogP contribution in [0.25, 0.3) is 22.0 Å². The highest BCUT2D eigenvalue weighted by Crippen LogP contribution is 2.25. The van der Waals surface area contributed by atoms with Crippen molar-refractivity contribution in [1.29, 1.82) is 0 Å². The summed E-state index contributed by atoms with van der Waals surface area (Å²) in [6, 6.07) is 25.0. The van der Waals surface area contributed by atoms with Crippen molar-refractivity contribution in [3.63, 3.8) is 0 Å². The summed E-state index contributed by atoms with van der Waals surface area (Å²) in [7, 11) is -3.55. The van der Waals surface area contributed by atoms with Gasteiger partial charge in [0.2, 0.25) is 10.0 Å². The van der Waals surface area contributed by atoms with Crippen LogP contribution in [0.5, 0.6) is 5.75 Å². The van der Waals surface area contributed by atoms with E-state index in [-0.39, 0.29) is 4.90 Å². The van der Waals surface area contributed by atoms with E-state index in [1.54, 1.807) is 24.3 Å². The maximum absolute atomic E-state index is 13.0. The van der Waals surface area contributed by atoms with Crippen LogP contribution in [0.2, 0.25) is 0 Å². The van der Waals surface area contributed by atoms with Crippen LogP contribution in [0.3, 0.4) is 0 Å². The van der Waals surface area contributed by atoms with Crippen molar-refractivity contribution < 1.29 is 13.2 Å². The molecular formula is C26H26N4O3S. The fraction of sp³-hybridized carbons (Fsp3) is 0.231. The maximum atomic E-state index is 13.0. The van der Waals surface area contributed by atoms with Crippen molar-refractivity contribution in [2.45, 2.75) is 11.8 Å². The first-order valence-electron chi connectivity index (χ1n) is 11.4. The molecule has 0 saturated carbocycles. The lowest BCUT2D eigenvalue weighted by molar-refractivity contribution is 0.340. The minimum atomic E-state index is -3.55. The molecule has 0 radical (unpaired) electrons. The molecule has 1 aromatic heterocycles. The van der Waals surface area contributed by atoms with Crippen LogP contribution < -0.4 is 9.64 Å². The Hall–Kier alpha value is -3.49. The number of hydrogen-bond acceptors (Lipinski definition) is 6. The van der Waals surface area contributed by atoms with Gasteiger partial charge in [0.15, 0.2) is 5.82 Å². The van der Waals surface area contributed by atoms with E-state index in [4.69, 9.17) is 4.74 Å². The largest absolute Gasteiger partial charge is 0.494 e. The SMILES string of the molecule is CCOc1ccc(S(=O)(=O)N2CCN(c3ccc(-c4ccc5ccccc5c4)nn3)CC2)cc1. The number of aromatic nitrogens is 2. The van der Waals surface area contributed by atoms with E-state index in [1.807, 2.05) is 31.2 Å². The topological polar surface area (TPSA) is 75.6 Å². The van der Waals surface area contributed by atoms with Gasteiger partial charge in [-0.3, -0.25) is 0 Å². The van der Waals surface area contributed by atoms with E-state index in [1.165, 1.54) is 9.69 Å². The van der Waals surface area contributed by atoms with Gasteiger partial charge in [0, 0.05) is 31.7 Å². The second-order valence-corrected chi connectivity index (χ2v) is 10.1. The molecule has 7 nitrogen and oxygen atoms in total. The van der Waals surface area contributed by atoms with Gasteiger partial charge in [-0.1, -0.05) is 36.4 Å². The number of sulfonamides is 1. The number of rotatable bonds is 6. The lowest BCUT2D eigenvalue weighted by Gasteiger charge is -2.34. The molecule has 174 valence electrons. The minimum absolute atomic E-state index is 0.281. The summed E-state index contributed by atoms with van der Waals surface area (Å²) in [5, 5.41) is 11.2. The van der Waals surface area contributed by atoms with Crippen LogP contribution in [0, 0.1) is 0 Å². The third-order valence-corrected chi connectivity index (χ3v) is 7.94. The van der Waals surface area contributed by atoms with Gasteiger partial charge < -0.3 is 9.64 Å². The van der Waals surface area contributed by atoms with Gasteiger partial charge in [0.1, 0.15) is 5.75 Å². The average Bonchev–Trinajstić information content (AvgIpc) is 2.89. The van der Waals surface area contributed by atoms with Crippen molar-refractivity contribution in [3.05, 3.63) is 78.9 Å². The number of piperazine rings is 1. The Bertz CT molecular complexity index is 1380. The lowest BCUT2D eigenvalue weighted by Crippen LogP contribution is -2.48. The van der Waals surface area contributed by atoms with Crippen molar-refractivity contribution in [2.75, 3.05) is 37.7 Å². The van der Waals surface area contributed by atoms with E-state index in [2.05, 4.69) is 45.4 Å². The van der Waals surface area contributed by atoms with Crippen LogP contribution in [0.15, 0.2) is 83.8 Å². The second-order valence-electron chi connectivity index (χ2n) is 8.13. The third kappa shape index (κ3) is 4.47. The van der Waals surface area contributed by atoms with Gasteiger partial charge in [-0.2, -0.15) is 4.31 Å². The zero-order chi connectivity index (χ0) is 23.5. The molecule has 0 amide bonds. The molecule has 0 N–H and O–H groups in total. The Morgan fingerprint density at radius 3 is 2.24 bits per heavy atom. The van der Waals surface area contributed by atoms with Crippen LogP contribution in [-0.2, 0) is 10.0 Å². The highest BCUT2D eigenvalue weighted by Gasteiger charge is 2.29. The zero-order valence-corrected chi connectivity index (χ0v) is 19.8. The number of nitrogens with zero attached hydrogens (tertiary/aromatic N) is 4. The first kappa shape index (κ1) is 22.3. The lowest BCUT2D eigenvalue weighted by atomic mass is 10.1.